The molecule has 0 N–H and O–H groups in total. The first kappa shape index (κ1) is 25.4. The van der Waals surface area contributed by atoms with Crippen molar-refractivity contribution in [1.82, 2.24) is 7.53 Å². The summed E-state index contributed by atoms with van der Waals surface area (Å²) >= 11 is -0.115. The van der Waals surface area contributed by atoms with Gasteiger partial charge in [0.1, 0.15) is 0 Å². The molecule has 1 aromatic carbocycles. The number of hydrogen-bond acceptors (Lipinski definition) is 1. The minimum Gasteiger partial charge on any atom is -1.00 e. The first-order valence-corrected chi connectivity index (χ1v) is 14.3. The molecule has 1 heterocycles. The van der Waals surface area contributed by atoms with Gasteiger partial charge in [-0.1, -0.05) is 0 Å². The van der Waals surface area contributed by atoms with Gasteiger partial charge in [0.2, 0.25) is 0 Å². The van der Waals surface area contributed by atoms with E-state index >= 15 is 0 Å². The number of allylic oxidation sites excluding steroid dienone is 2. The molecule has 2 aliphatic rings. The monoisotopic (exact) mass is 461 g/mol. The summed E-state index contributed by atoms with van der Waals surface area (Å²) < 4.78 is 4.83. The van der Waals surface area contributed by atoms with E-state index in [0.29, 0.717) is 11.5 Å². The van der Waals surface area contributed by atoms with Gasteiger partial charge < -0.3 is 24.8 Å². The maximum Gasteiger partial charge on any atom is -1.00 e. The number of nitrogens with zero attached hydrogens (tertiary/aromatic N) is 2. The predicted octanol–water partition coefficient (Wildman–Crippen LogP) is -0.704. The number of para-hydroxylation sites is 1. The Kier molecular flexibility index (Phi) is 8.51. The van der Waals surface area contributed by atoms with E-state index in [1.807, 2.05) is 0 Å². The van der Waals surface area contributed by atoms with Crippen LogP contribution in [0, 0.1) is 0 Å². The van der Waals surface area contributed by atoms with E-state index in [1.165, 1.54) is 6.42 Å². The van der Waals surface area contributed by atoms with E-state index < -0.39 is 8.96 Å². The molecule has 3 atom stereocenters. The second kappa shape index (κ2) is 9.04. The van der Waals surface area contributed by atoms with Crippen LogP contribution in [0.15, 0.2) is 35.5 Å². The van der Waals surface area contributed by atoms with Crippen LogP contribution in [0.1, 0.15) is 52.5 Å². The van der Waals surface area contributed by atoms with Gasteiger partial charge in [-0.05, 0) is 0 Å². The van der Waals surface area contributed by atoms with Gasteiger partial charge in [-0.15, -0.1) is 0 Å². The Labute approximate surface area is 190 Å². The molecule has 0 saturated heterocycles. The van der Waals surface area contributed by atoms with Crippen LogP contribution in [0.25, 0.3) is 0 Å². The first-order chi connectivity index (χ1) is 11.6. The van der Waals surface area contributed by atoms with Crippen molar-refractivity contribution in [2.75, 3.05) is 13.6 Å². The maximum absolute atomic E-state index is 2.95. The molecule has 3 rings (SSSR count). The molecule has 152 valence electrons. The van der Waals surface area contributed by atoms with E-state index in [0.717, 1.165) is 15.3 Å². The summed E-state index contributed by atoms with van der Waals surface area (Å²) in [5.74, 6) is 0.672. The molecule has 0 radical (unpaired) electrons. The third kappa shape index (κ3) is 4.31. The molecule has 0 saturated carbocycles. The molecule has 0 amide bonds. The zero-order chi connectivity index (χ0) is 18.6. The van der Waals surface area contributed by atoms with Crippen molar-refractivity contribution in [2.24, 2.45) is 0 Å². The molecular formula is C21H35Cl2N2SiTi-. The minimum absolute atomic E-state index is 0. The Hall–Kier alpha value is 0.391. The van der Waals surface area contributed by atoms with Crippen molar-refractivity contribution >= 4 is 14.6 Å². The van der Waals surface area contributed by atoms with Crippen molar-refractivity contribution in [2.45, 2.75) is 69.8 Å². The fraction of sp³-hybridized carbons (Fsp3) is 0.619. The molecule has 1 aliphatic carbocycles. The van der Waals surface area contributed by atoms with E-state index in [4.69, 9.17) is 0 Å². The van der Waals surface area contributed by atoms with Gasteiger partial charge in [-0.25, -0.2) is 0 Å². The Morgan fingerprint density at radius 3 is 2.30 bits per heavy atom. The van der Waals surface area contributed by atoms with Crippen LogP contribution in [0.2, 0.25) is 17.3 Å². The molecule has 27 heavy (non-hydrogen) atoms. The number of quaternary nitrogens is 1. The molecule has 1 aromatic rings. The standard InChI is InChI=1S/C15H19N.C6H16NSi.2ClH.Ti/c1-4-16(3)14-8-6-5-7-12(14)13-10-9-11(2)15(13)16;1-6(2,3)7-8(4)5;;;/h5-9,13H,4,10H2,1-3H3;8H,1-5H3;2*1H;/q+1;-1;;;+1/p-2. The van der Waals surface area contributed by atoms with Gasteiger partial charge in [0.25, 0.3) is 0 Å². The Bertz CT molecular complexity index is 702. The molecule has 0 spiro atoms. The summed E-state index contributed by atoms with van der Waals surface area (Å²) in [6, 6.07) is 9.22. The van der Waals surface area contributed by atoms with E-state index in [1.54, 1.807) is 22.5 Å². The van der Waals surface area contributed by atoms with Crippen molar-refractivity contribution in [1.29, 1.82) is 0 Å². The Morgan fingerprint density at radius 1 is 1.19 bits per heavy atom. The van der Waals surface area contributed by atoms with Gasteiger partial charge >= 0.3 is 166 Å². The SMILES string of the molecule is CC[N+]1(C)C2=C(C)[CH]([Ti][N]([SiH](C)C)C(C)(C)C)CC2c2ccccc21.[Cl-].[Cl-]. The van der Waals surface area contributed by atoms with Crippen LogP contribution in [0.3, 0.4) is 0 Å². The zero-order valence-electron chi connectivity index (χ0n) is 18.1. The van der Waals surface area contributed by atoms with Gasteiger partial charge in [-0.2, -0.15) is 0 Å². The predicted molar refractivity (Wildman–Crippen MR) is 109 cm³/mol. The third-order valence-corrected chi connectivity index (χ3v) is 14.1. The first-order valence-electron chi connectivity index (χ1n) is 9.83. The molecule has 0 bridgehead atoms. The minimum atomic E-state index is -0.772. The van der Waals surface area contributed by atoms with Gasteiger partial charge in [0.15, 0.2) is 0 Å². The van der Waals surface area contributed by atoms with Crippen LogP contribution in [0.4, 0.5) is 5.69 Å². The molecule has 6 heteroatoms. The summed E-state index contributed by atoms with van der Waals surface area (Å²) in [5.41, 5.74) is 6.96. The zero-order valence-corrected chi connectivity index (χ0v) is 22.3. The normalized spacial score (nSPS) is 26.6. The van der Waals surface area contributed by atoms with Crippen molar-refractivity contribution in [3.8, 4) is 0 Å². The molecule has 0 aromatic heterocycles. The summed E-state index contributed by atoms with van der Waals surface area (Å²) in [6.07, 6.45) is 1.36. The number of likely N-dealkylation sites (N-methyl/N-ethyl adjacent to an activating group) is 1. The van der Waals surface area contributed by atoms with Gasteiger partial charge in [0, 0.05) is 0 Å². The Morgan fingerprint density at radius 2 is 1.78 bits per heavy atom. The Balaban J connectivity index is 0.00000182. The van der Waals surface area contributed by atoms with Crippen molar-refractivity contribution in [3.63, 3.8) is 0 Å². The third-order valence-electron chi connectivity index (χ3n) is 6.27. The van der Waals surface area contributed by atoms with Crippen LogP contribution in [-0.2, 0) is 19.4 Å². The number of halogens is 2. The largest absolute Gasteiger partial charge is 1.00 e. The second-order valence-corrected chi connectivity index (χ2v) is 15.0. The molecule has 1 aliphatic heterocycles. The average molecular weight is 462 g/mol. The number of rotatable bonds is 4. The number of hydrogen-bond donors (Lipinski definition) is 0. The quantitative estimate of drug-likeness (QED) is 0.423. The molecule has 0 fully saturated rings. The number of benzene rings is 1. The van der Waals surface area contributed by atoms with Gasteiger partial charge in [-0.3, -0.25) is 0 Å². The molecular weight excluding hydrogens is 427 g/mol. The topological polar surface area (TPSA) is 3.24 Å². The van der Waals surface area contributed by atoms with Crippen LogP contribution in [0.5, 0.6) is 0 Å². The van der Waals surface area contributed by atoms with Crippen molar-refractivity contribution < 1.29 is 44.2 Å². The van der Waals surface area contributed by atoms with E-state index in [-0.39, 0.29) is 44.2 Å². The van der Waals surface area contributed by atoms with Gasteiger partial charge in [0.05, 0.1) is 0 Å². The number of fused-ring (bicyclic) bond motifs is 3. The average Bonchev–Trinajstić information content (AvgIpc) is 2.99. The summed E-state index contributed by atoms with van der Waals surface area (Å²) in [5, 5.41) is 0. The van der Waals surface area contributed by atoms with Crippen LogP contribution in [-0.4, -0.2) is 31.1 Å². The fourth-order valence-electron chi connectivity index (χ4n) is 5.12. The summed E-state index contributed by atoms with van der Waals surface area (Å²) in [4.78, 5) is 0. The molecule has 2 nitrogen and oxygen atoms in total. The maximum atomic E-state index is 2.95. The fourth-order valence-corrected chi connectivity index (χ4v) is 11.3. The summed E-state index contributed by atoms with van der Waals surface area (Å²) in [7, 11) is 1.67. The summed E-state index contributed by atoms with van der Waals surface area (Å²) in [6.45, 7) is 18.3. The van der Waals surface area contributed by atoms with E-state index in [9.17, 15) is 0 Å². The van der Waals surface area contributed by atoms with Crippen LogP contribution >= 0.6 is 0 Å². The molecule has 3 unspecified atom stereocenters. The smallest absolute Gasteiger partial charge is 1.00 e. The second-order valence-electron chi connectivity index (χ2n) is 9.24. The van der Waals surface area contributed by atoms with E-state index in [2.05, 4.69) is 82.1 Å². The van der Waals surface area contributed by atoms with Crippen molar-refractivity contribution in [3.05, 3.63) is 41.1 Å². The van der Waals surface area contributed by atoms with Crippen LogP contribution < -0.4 is 29.3 Å².